The van der Waals surface area contributed by atoms with Crippen LogP contribution in [0.1, 0.15) is 45.4 Å². The lowest BCUT2D eigenvalue weighted by Crippen LogP contribution is -2.48. The third-order valence-corrected chi connectivity index (χ3v) is 5.24. The van der Waals surface area contributed by atoms with E-state index < -0.39 is 0 Å². The number of benzene rings is 1. The van der Waals surface area contributed by atoms with Gasteiger partial charge in [-0.05, 0) is 49.9 Å². The van der Waals surface area contributed by atoms with Gasteiger partial charge in [0.25, 0.3) is 5.91 Å². The molecule has 1 fully saturated rings. The van der Waals surface area contributed by atoms with E-state index >= 15 is 0 Å². The number of carbonyl (C=O) groups excluding carboxylic acids is 2. The molecule has 1 aromatic rings. The van der Waals surface area contributed by atoms with Crippen LogP contribution in [0.25, 0.3) is 0 Å². The molecule has 128 valence electrons. The Bertz CT molecular complexity index is 657. The zero-order chi connectivity index (χ0) is 17.1. The van der Waals surface area contributed by atoms with Crippen molar-refractivity contribution < 1.29 is 9.59 Å². The van der Waals surface area contributed by atoms with Crippen molar-refractivity contribution in [2.75, 3.05) is 11.6 Å². The van der Waals surface area contributed by atoms with Crippen LogP contribution in [0.2, 0.25) is 0 Å². The monoisotopic (exact) mass is 391 g/mol. The molecule has 2 amide bonds. The number of hydrazone groups is 1. The van der Waals surface area contributed by atoms with Gasteiger partial charge in [-0.2, -0.15) is 5.10 Å². The zero-order valence-electron chi connectivity index (χ0n) is 13.9. The first-order valence-corrected chi connectivity index (χ1v) is 9.36. The number of hydrogen-bond acceptors (Lipinski definition) is 3. The third kappa shape index (κ3) is 3.53. The molecule has 0 aliphatic carbocycles. The second-order valence-corrected chi connectivity index (χ2v) is 7.20. The minimum Gasteiger partial charge on any atom is -0.335 e. The van der Waals surface area contributed by atoms with Crippen LogP contribution in [0, 0.1) is 0 Å². The lowest BCUT2D eigenvalue weighted by molar-refractivity contribution is -0.127. The van der Waals surface area contributed by atoms with E-state index in [0.29, 0.717) is 30.3 Å². The SMILES string of the molecule is CCC1CCCCN1C(=O)C1=NN(c2ccc(Br)cc2)C(=O)CC1. The molecule has 1 atom stereocenters. The van der Waals surface area contributed by atoms with Crippen molar-refractivity contribution in [3.63, 3.8) is 0 Å². The normalized spacial score (nSPS) is 21.7. The Morgan fingerprint density at radius 3 is 2.71 bits per heavy atom. The van der Waals surface area contributed by atoms with Crippen molar-refractivity contribution in [3.05, 3.63) is 28.7 Å². The first-order chi connectivity index (χ1) is 11.6. The van der Waals surface area contributed by atoms with Crippen LogP contribution >= 0.6 is 15.9 Å². The number of halogens is 1. The summed E-state index contributed by atoms with van der Waals surface area (Å²) < 4.78 is 0.940. The number of anilines is 1. The summed E-state index contributed by atoms with van der Waals surface area (Å²) in [6.45, 7) is 2.92. The predicted octanol–water partition coefficient (Wildman–Crippen LogP) is 3.72. The molecule has 0 spiro atoms. The molecule has 5 nitrogen and oxygen atoms in total. The molecule has 2 aliphatic heterocycles. The van der Waals surface area contributed by atoms with Gasteiger partial charge in [0.05, 0.1) is 5.69 Å². The molecule has 6 heteroatoms. The fourth-order valence-corrected chi connectivity index (χ4v) is 3.61. The van der Waals surface area contributed by atoms with E-state index in [2.05, 4.69) is 28.0 Å². The first-order valence-electron chi connectivity index (χ1n) is 8.57. The fourth-order valence-electron chi connectivity index (χ4n) is 3.35. The number of piperidine rings is 1. The van der Waals surface area contributed by atoms with E-state index in [-0.39, 0.29) is 11.8 Å². The lowest BCUT2D eigenvalue weighted by Gasteiger charge is -2.36. The highest BCUT2D eigenvalue weighted by molar-refractivity contribution is 9.10. The first kappa shape index (κ1) is 17.1. The summed E-state index contributed by atoms with van der Waals surface area (Å²) in [5, 5.41) is 5.77. The minimum atomic E-state index is -0.0699. The van der Waals surface area contributed by atoms with Crippen molar-refractivity contribution in [1.29, 1.82) is 0 Å². The summed E-state index contributed by atoms with van der Waals surface area (Å²) in [6.07, 6.45) is 5.01. The summed E-state index contributed by atoms with van der Waals surface area (Å²) in [7, 11) is 0. The molecular weight excluding hydrogens is 370 g/mol. The van der Waals surface area contributed by atoms with E-state index in [1.807, 2.05) is 29.2 Å². The van der Waals surface area contributed by atoms with Gasteiger partial charge in [0.2, 0.25) is 5.91 Å². The zero-order valence-corrected chi connectivity index (χ0v) is 15.5. The summed E-state index contributed by atoms with van der Waals surface area (Å²) in [5.74, 6) is -0.0734. The Labute approximate surface area is 150 Å². The van der Waals surface area contributed by atoms with E-state index in [4.69, 9.17) is 0 Å². The number of rotatable bonds is 3. The summed E-state index contributed by atoms with van der Waals surface area (Å²) in [6, 6.07) is 7.69. The van der Waals surface area contributed by atoms with Gasteiger partial charge in [0, 0.05) is 29.9 Å². The Morgan fingerprint density at radius 1 is 1.25 bits per heavy atom. The van der Waals surface area contributed by atoms with Gasteiger partial charge in [-0.1, -0.05) is 22.9 Å². The maximum Gasteiger partial charge on any atom is 0.270 e. The van der Waals surface area contributed by atoms with Crippen molar-refractivity contribution in [2.45, 2.75) is 51.5 Å². The number of carbonyl (C=O) groups is 2. The van der Waals surface area contributed by atoms with Crippen molar-refractivity contribution in [2.24, 2.45) is 5.10 Å². The topological polar surface area (TPSA) is 53.0 Å². The lowest BCUT2D eigenvalue weighted by atomic mass is 9.98. The quantitative estimate of drug-likeness (QED) is 0.787. The van der Waals surface area contributed by atoms with Gasteiger partial charge in [0.1, 0.15) is 5.71 Å². The van der Waals surface area contributed by atoms with Gasteiger partial charge in [-0.25, -0.2) is 5.01 Å². The number of nitrogens with zero attached hydrogens (tertiary/aromatic N) is 3. The molecular formula is C18H22BrN3O2. The van der Waals surface area contributed by atoms with Gasteiger partial charge < -0.3 is 4.90 Å². The van der Waals surface area contributed by atoms with Crippen LogP contribution in [-0.4, -0.2) is 35.0 Å². The van der Waals surface area contributed by atoms with Crippen LogP contribution in [0.5, 0.6) is 0 Å². The highest BCUT2D eigenvalue weighted by Crippen LogP contribution is 2.25. The molecule has 1 saturated heterocycles. The molecule has 1 aromatic carbocycles. The van der Waals surface area contributed by atoms with E-state index in [0.717, 1.165) is 30.3 Å². The Morgan fingerprint density at radius 2 is 2.00 bits per heavy atom. The van der Waals surface area contributed by atoms with Crippen molar-refractivity contribution in [1.82, 2.24) is 4.90 Å². The maximum absolute atomic E-state index is 12.9. The second-order valence-electron chi connectivity index (χ2n) is 6.29. The molecule has 1 unspecified atom stereocenters. The Balaban J connectivity index is 1.84. The van der Waals surface area contributed by atoms with Crippen LogP contribution in [0.4, 0.5) is 5.69 Å². The van der Waals surface area contributed by atoms with E-state index in [1.165, 1.54) is 11.4 Å². The molecule has 0 saturated carbocycles. The molecule has 24 heavy (non-hydrogen) atoms. The number of likely N-dealkylation sites (tertiary alicyclic amines) is 1. The Kier molecular flexibility index (Phi) is 5.33. The molecule has 2 heterocycles. The highest BCUT2D eigenvalue weighted by Gasteiger charge is 2.32. The summed E-state index contributed by atoms with van der Waals surface area (Å²) >= 11 is 3.39. The maximum atomic E-state index is 12.9. The molecule has 0 aromatic heterocycles. The molecule has 2 aliphatic rings. The highest BCUT2D eigenvalue weighted by atomic mass is 79.9. The van der Waals surface area contributed by atoms with E-state index in [9.17, 15) is 9.59 Å². The van der Waals surface area contributed by atoms with Gasteiger partial charge in [-0.3, -0.25) is 9.59 Å². The average Bonchev–Trinajstić information content (AvgIpc) is 2.62. The Hall–Kier alpha value is -1.69. The van der Waals surface area contributed by atoms with Crippen LogP contribution in [-0.2, 0) is 9.59 Å². The smallest absolute Gasteiger partial charge is 0.270 e. The van der Waals surface area contributed by atoms with Gasteiger partial charge in [-0.15, -0.1) is 0 Å². The van der Waals surface area contributed by atoms with Crippen molar-refractivity contribution in [3.8, 4) is 0 Å². The van der Waals surface area contributed by atoms with Gasteiger partial charge in [0.15, 0.2) is 0 Å². The molecule has 0 bridgehead atoms. The number of hydrogen-bond donors (Lipinski definition) is 0. The number of amides is 2. The second kappa shape index (κ2) is 7.47. The summed E-state index contributed by atoms with van der Waals surface area (Å²) in [4.78, 5) is 27.1. The van der Waals surface area contributed by atoms with Crippen molar-refractivity contribution >= 4 is 39.1 Å². The third-order valence-electron chi connectivity index (χ3n) is 4.71. The summed E-state index contributed by atoms with van der Waals surface area (Å²) in [5.41, 5.74) is 1.19. The van der Waals surface area contributed by atoms with Crippen LogP contribution in [0.15, 0.2) is 33.8 Å². The fraction of sp³-hybridized carbons (Fsp3) is 0.500. The minimum absolute atomic E-state index is 0.00355. The van der Waals surface area contributed by atoms with Gasteiger partial charge >= 0.3 is 0 Å². The predicted molar refractivity (Wildman–Crippen MR) is 97.9 cm³/mol. The largest absolute Gasteiger partial charge is 0.335 e. The van der Waals surface area contributed by atoms with Crippen LogP contribution in [0.3, 0.4) is 0 Å². The van der Waals surface area contributed by atoms with E-state index in [1.54, 1.807) is 0 Å². The molecule has 3 rings (SSSR count). The standard InChI is InChI=1S/C18H22BrN3O2/c1-2-14-5-3-4-12-21(14)18(24)16-10-11-17(23)22(20-16)15-8-6-13(19)7-9-15/h6-9,14H,2-5,10-12H2,1H3. The van der Waals surface area contributed by atoms with Crippen LogP contribution < -0.4 is 5.01 Å². The molecule has 0 radical (unpaired) electrons. The average molecular weight is 392 g/mol. The molecule has 0 N–H and O–H groups in total.